The summed E-state index contributed by atoms with van der Waals surface area (Å²) in [6.07, 6.45) is 11.3. The largest absolute Gasteiger partial charge is 0.314 e. The van der Waals surface area contributed by atoms with Crippen LogP contribution in [-0.2, 0) is 0 Å². The number of hydrogen-bond acceptors (Lipinski definition) is 1. The van der Waals surface area contributed by atoms with Crippen molar-refractivity contribution < 1.29 is 0 Å². The summed E-state index contributed by atoms with van der Waals surface area (Å²) in [5.41, 5.74) is 0. The van der Waals surface area contributed by atoms with Crippen molar-refractivity contribution in [3.8, 4) is 0 Å². The molecule has 0 radical (unpaired) electrons. The first-order valence-corrected chi connectivity index (χ1v) is 7.45. The van der Waals surface area contributed by atoms with Crippen molar-refractivity contribution in [1.82, 2.24) is 5.32 Å². The van der Waals surface area contributed by atoms with Gasteiger partial charge in [-0.1, -0.05) is 33.6 Å². The third kappa shape index (κ3) is 5.89. The number of hydrogen-bond donors (Lipinski definition) is 1. The van der Waals surface area contributed by atoms with E-state index in [4.69, 9.17) is 0 Å². The van der Waals surface area contributed by atoms with E-state index in [1.54, 1.807) is 0 Å². The van der Waals surface area contributed by atoms with Crippen LogP contribution in [0.4, 0.5) is 0 Å². The molecule has 0 spiro atoms. The van der Waals surface area contributed by atoms with Crippen LogP contribution in [0.1, 0.15) is 72.1 Å². The zero-order chi connectivity index (χ0) is 11.8. The molecule has 0 aromatic rings. The van der Waals surface area contributed by atoms with Crippen LogP contribution < -0.4 is 5.32 Å². The van der Waals surface area contributed by atoms with Gasteiger partial charge in [0, 0.05) is 6.04 Å². The average Bonchev–Trinajstić information content (AvgIpc) is 2.27. The molecule has 1 N–H and O–H groups in total. The second-order valence-corrected chi connectivity index (χ2v) is 6.00. The lowest BCUT2D eigenvalue weighted by atomic mass is 9.83. The van der Waals surface area contributed by atoms with Gasteiger partial charge < -0.3 is 5.32 Å². The third-order valence-corrected chi connectivity index (χ3v) is 3.93. The van der Waals surface area contributed by atoms with E-state index >= 15 is 0 Å². The van der Waals surface area contributed by atoms with E-state index in [-0.39, 0.29) is 0 Å². The molecule has 96 valence electrons. The van der Waals surface area contributed by atoms with Crippen LogP contribution >= 0.6 is 0 Å². The van der Waals surface area contributed by atoms with Crippen LogP contribution in [0.3, 0.4) is 0 Å². The van der Waals surface area contributed by atoms with E-state index in [0.29, 0.717) is 0 Å². The van der Waals surface area contributed by atoms with Gasteiger partial charge in [0.1, 0.15) is 0 Å². The first kappa shape index (κ1) is 14.0. The Morgan fingerprint density at radius 1 is 1.12 bits per heavy atom. The van der Waals surface area contributed by atoms with Gasteiger partial charge in [-0.3, -0.25) is 0 Å². The molecular formula is C15H31N. The van der Waals surface area contributed by atoms with Gasteiger partial charge in [0.05, 0.1) is 0 Å². The molecule has 16 heavy (non-hydrogen) atoms. The van der Waals surface area contributed by atoms with Crippen molar-refractivity contribution in [2.75, 3.05) is 6.54 Å². The first-order valence-electron chi connectivity index (χ1n) is 7.45. The molecule has 1 nitrogen and oxygen atoms in total. The second-order valence-electron chi connectivity index (χ2n) is 6.00. The lowest BCUT2D eigenvalue weighted by molar-refractivity contribution is 0.277. The minimum atomic E-state index is 0.834. The number of rotatable bonds is 7. The summed E-state index contributed by atoms with van der Waals surface area (Å²) < 4.78 is 0. The van der Waals surface area contributed by atoms with E-state index in [0.717, 1.165) is 17.9 Å². The second kappa shape index (κ2) is 8.11. The maximum absolute atomic E-state index is 3.74. The normalized spacial score (nSPS) is 26.2. The van der Waals surface area contributed by atoms with Gasteiger partial charge in [0.2, 0.25) is 0 Å². The Labute approximate surface area is 102 Å². The molecule has 0 unspecified atom stereocenters. The van der Waals surface area contributed by atoms with Gasteiger partial charge in [-0.05, 0) is 56.9 Å². The summed E-state index contributed by atoms with van der Waals surface area (Å²) in [7, 11) is 0. The van der Waals surface area contributed by atoms with Crippen molar-refractivity contribution in [2.45, 2.75) is 78.2 Å². The summed E-state index contributed by atoms with van der Waals surface area (Å²) in [5.74, 6) is 1.90. The van der Waals surface area contributed by atoms with Crippen molar-refractivity contribution >= 4 is 0 Å². The maximum Gasteiger partial charge on any atom is 0.00672 e. The molecule has 1 saturated carbocycles. The van der Waals surface area contributed by atoms with Crippen molar-refractivity contribution in [3.63, 3.8) is 0 Å². The molecule has 0 saturated heterocycles. The Hall–Kier alpha value is -0.0400. The van der Waals surface area contributed by atoms with Crippen molar-refractivity contribution in [3.05, 3.63) is 0 Å². The van der Waals surface area contributed by atoms with Crippen LogP contribution in [0.25, 0.3) is 0 Å². The molecule has 1 rings (SSSR count). The molecule has 0 aliphatic heterocycles. The summed E-state index contributed by atoms with van der Waals surface area (Å²) in [5, 5.41) is 3.74. The van der Waals surface area contributed by atoms with Gasteiger partial charge in [0.15, 0.2) is 0 Å². The monoisotopic (exact) mass is 225 g/mol. The smallest absolute Gasteiger partial charge is 0.00672 e. The Bertz CT molecular complexity index is 157. The highest BCUT2D eigenvalue weighted by atomic mass is 14.9. The summed E-state index contributed by atoms with van der Waals surface area (Å²) in [4.78, 5) is 0. The molecule has 0 amide bonds. The molecule has 0 aromatic carbocycles. The quantitative estimate of drug-likeness (QED) is 0.634. The molecule has 1 aliphatic rings. The Kier molecular flexibility index (Phi) is 7.11. The minimum Gasteiger partial charge on any atom is -0.314 e. The van der Waals surface area contributed by atoms with Gasteiger partial charge in [0.25, 0.3) is 0 Å². The van der Waals surface area contributed by atoms with E-state index in [1.807, 2.05) is 0 Å². The fraction of sp³-hybridized carbons (Fsp3) is 1.00. The maximum atomic E-state index is 3.74. The Morgan fingerprint density at radius 3 is 2.38 bits per heavy atom. The van der Waals surface area contributed by atoms with E-state index in [2.05, 4.69) is 26.1 Å². The van der Waals surface area contributed by atoms with Crippen LogP contribution in [0.5, 0.6) is 0 Å². The molecule has 0 heterocycles. The Balaban J connectivity index is 1.99. The lowest BCUT2D eigenvalue weighted by Crippen LogP contribution is -2.33. The molecule has 0 atom stereocenters. The van der Waals surface area contributed by atoms with E-state index in [1.165, 1.54) is 57.9 Å². The lowest BCUT2D eigenvalue weighted by Gasteiger charge is -2.29. The molecular weight excluding hydrogens is 194 g/mol. The number of nitrogens with one attached hydrogen (secondary N) is 1. The predicted molar refractivity (Wildman–Crippen MR) is 72.7 cm³/mol. The highest BCUT2D eigenvalue weighted by molar-refractivity contribution is 4.76. The van der Waals surface area contributed by atoms with Crippen molar-refractivity contribution in [1.29, 1.82) is 0 Å². The zero-order valence-electron chi connectivity index (χ0n) is 11.6. The fourth-order valence-corrected chi connectivity index (χ4v) is 2.88. The van der Waals surface area contributed by atoms with Gasteiger partial charge in [-0.25, -0.2) is 0 Å². The minimum absolute atomic E-state index is 0.834. The fourth-order valence-electron chi connectivity index (χ4n) is 2.88. The summed E-state index contributed by atoms with van der Waals surface area (Å²) in [6.45, 7) is 8.18. The van der Waals surface area contributed by atoms with Gasteiger partial charge in [-0.15, -0.1) is 0 Å². The van der Waals surface area contributed by atoms with E-state index < -0.39 is 0 Å². The summed E-state index contributed by atoms with van der Waals surface area (Å²) >= 11 is 0. The zero-order valence-corrected chi connectivity index (χ0v) is 11.6. The SMILES string of the molecule is CCCC1CCC(NCCCC(C)C)CC1. The molecule has 0 aromatic heterocycles. The molecule has 0 bridgehead atoms. The van der Waals surface area contributed by atoms with Gasteiger partial charge in [-0.2, -0.15) is 0 Å². The molecule has 1 aliphatic carbocycles. The van der Waals surface area contributed by atoms with Crippen LogP contribution in [0.15, 0.2) is 0 Å². The molecule has 1 heteroatoms. The average molecular weight is 225 g/mol. The topological polar surface area (TPSA) is 12.0 Å². The van der Waals surface area contributed by atoms with Crippen LogP contribution in [0, 0.1) is 11.8 Å². The molecule has 1 fully saturated rings. The van der Waals surface area contributed by atoms with Crippen LogP contribution in [-0.4, -0.2) is 12.6 Å². The summed E-state index contributed by atoms with van der Waals surface area (Å²) in [6, 6.07) is 0.834. The third-order valence-electron chi connectivity index (χ3n) is 3.93. The highest BCUT2D eigenvalue weighted by Gasteiger charge is 2.19. The van der Waals surface area contributed by atoms with Crippen LogP contribution in [0.2, 0.25) is 0 Å². The Morgan fingerprint density at radius 2 is 1.81 bits per heavy atom. The highest BCUT2D eigenvalue weighted by Crippen LogP contribution is 2.27. The first-order chi connectivity index (χ1) is 7.72. The van der Waals surface area contributed by atoms with Crippen molar-refractivity contribution in [2.24, 2.45) is 11.8 Å². The standard InChI is InChI=1S/C15H31N/c1-4-6-14-8-10-15(11-9-14)16-12-5-7-13(2)3/h13-16H,4-12H2,1-3H3. The predicted octanol–water partition coefficient (Wildman–Crippen LogP) is 4.37. The van der Waals surface area contributed by atoms with Gasteiger partial charge >= 0.3 is 0 Å². The van der Waals surface area contributed by atoms with E-state index in [9.17, 15) is 0 Å².